The lowest BCUT2D eigenvalue weighted by atomic mass is 10.1. The minimum atomic E-state index is -0.538. The van der Waals surface area contributed by atoms with E-state index in [-0.39, 0.29) is 5.91 Å². The van der Waals surface area contributed by atoms with Crippen LogP contribution in [-0.2, 0) is 11.2 Å². The smallest absolute Gasteiger partial charge is 0.410 e. The Kier molecular flexibility index (Phi) is 6.26. The van der Waals surface area contributed by atoms with Crippen LogP contribution in [0.5, 0.6) is 5.75 Å². The lowest BCUT2D eigenvalue weighted by Crippen LogP contribution is -2.22. The molecule has 0 fully saturated rings. The summed E-state index contributed by atoms with van der Waals surface area (Å²) in [6.45, 7) is 3.50. The van der Waals surface area contributed by atoms with Gasteiger partial charge in [-0.2, -0.15) is 5.10 Å². The SMILES string of the molecule is CNC(=O)Oc1ccc2c(c1)C=C(C(=O)Nc1ccc(/C(C)=N\N=C(C)N)cc1)C2. The van der Waals surface area contributed by atoms with Crippen molar-refractivity contribution in [2.45, 2.75) is 20.3 Å². The van der Waals surface area contributed by atoms with Crippen LogP contribution in [0.3, 0.4) is 0 Å². The fourth-order valence-corrected chi connectivity index (χ4v) is 2.90. The molecular formula is C22H23N5O3. The van der Waals surface area contributed by atoms with E-state index in [0.29, 0.717) is 29.3 Å². The Hall–Kier alpha value is -3.94. The van der Waals surface area contributed by atoms with Gasteiger partial charge in [0.25, 0.3) is 5.91 Å². The van der Waals surface area contributed by atoms with Gasteiger partial charge in [-0.25, -0.2) is 4.79 Å². The highest BCUT2D eigenvalue weighted by molar-refractivity contribution is 6.08. The van der Waals surface area contributed by atoms with E-state index >= 15 is 0 Å². The van der Waals surface area contributed by atoms with Crippen molar-refractivity contribution in [3.63, 3.8) is 0 Å². The predicted octanol–water partition coefficient (Wildman–Crippen LogP) is 3.08. The van der Waals surface area contributed by atoms with Crippen molar-refractivity contribution < 1.29 is 14.3 Å². The van der Waals surface area contributed by atoms with E-state index in [2.05, 4.69) is 20.8 Å². The van der Waals surface area contributed by atoms with Gasteiger partial charge in [0.05, 0.1) is 5.71 Å². The summed E-state index contributed by atoms with van der Waals surface area (Å²) in [6.07, 6.45) is 1.78. The summed E-state index contributed by atoms with van der Waals surface area (Å²) in [5, 5.41) is 13.2. The maximum absolute atomic E-state index is 12.7. The van der Waals surface area contributed by atoms with Gasteiger partial charge >= 0.3 is 6.09 Å². The van der Waals surface area contributed by atoms with Gasteiger partial charge in [0.2, 0.25) is 0 Å². The Morgan fingerprint density at radius 2 is 1.80 bits per heavy atom. The highest BCUT2D eigenvalue weighted by Crippen LogP contribution is 2.29. The van der Waals surface area contributed by atoms with Gasteiger partial charge in [-0.3, -0.25) is 4.79 Å². The topological polar surface area (TPSA) is 118 Å². The lowest BCUT2D eigenvalue weighted by molar-refractivity contribution is -0.112. The van der Waals surface area contributed by atoms with Crippen LogP contribution in [-0.4, -0.2) is 30.6 Å². The Morgan fingerprint density at radius 1 is 1.07 bits per heavy atom. The molecule has 2 amide bonds. The van der Waals surface area contributed by atoms with E-state index in [1.165, 1.54) is 7.05 Å². The lowest BCUT2D eigenvalue weighted by Gasteiger charge is -2.07. The van der Waals surface area contributed by atoms with Gasteiger partial charge < -0.3 is 21.1 Å². The molecule has 1 aliphatic rings. The molecule has 0 atom stereocenters. The first kappa shape index (κ1) is 20.8. The molecule has 154 valence electrons. The van der Waals surface area contributed by atoms with Crippen molar-refractivity contribution in [2.75, 3.05) is 12.4 Å². The highest BCUT2D eigenvalue weighted by atomic mass is 16.5. The zero-order valence-corrected chi connectivity index (χ0v) is 17.0. The zero-order valence-electron chi connectivity index (χ0n) is 17.0. The average molecular weight is 405 g/mol. The second kappa shape index (κ2) is 9.04. The van der Waals surface area contributed by atoms with Crippen molar-refractivity contribution in [3.8, 4) is 5.75 Å². The van der Waals surface area contributed by atoms with Crippen LogP contribution in [0.4, 0.5) is 10.5 Å². The maximum Gasteiger partial charge on any atom is 0.412 e. The molecule has 4 N–H and O–H groups in total. The minimum Gasteiger partial charge on any atom is -0.410 e. The van der Waals surface area contributed by atoms with Crippen molar-refractivity contribution in [1.82, 2.24) is 5.32 Å². The first-order chi connectivity index (χ1) is 14.4. The molecule has 0 heterocycles. The van der Waals surface area contributed by atoms with Crippen molar-refractivity contribution in [3.05, 3.63) is 64.7 Å². The zero-order chi connectivity index (χ0) is 21.7. The monoisotopic (exact) mass is 405 g/mol. The molecule has 1 aliphatic carbocycles. The Labute approximate surface area is 174 Å². The van der Waals surface area contributed by atoms with Gasteiger partial charge in [-0.1, -0.05) is 18.2 Å². The van der Waals surface area contributed by atoms with Crippen LogP contribution in [0.15, 0.2) is 58.2 Å². The molecule has 0 spiro atoms. The van der Waals surface area contributed by atoms with Crippen molar-refractivity contribution >= 4 is 35.3 Å². The molecule has 30 heavy (non-hydrogen) atoms. The Balaban J connectivity index is 1.67. The summed E-state index contributed by atoms with van der Waals surface area (Å²) in [5.41, 5.74) is 10.3. The molecule has 0 aliphatic heterocycles. The minimum absolute atomic E-state index is 0.179. The third-order valence-corrected chi connectivity index (χ3v) is 4.45. The second-order valence-corrected chi connectivity index (χ2v) is 6.80. The van der Waals surface area contributed by atoms with E-state index in [9.17, 15) is 9.59 Å². The fraction of sp³-hybridized carbons (Fsp3) is 0.182. The molecule has 0 aromatic heterocycles. The first-order valence-corrected chi connectivity index (χ1v) is 9.35. The molecule has 8 nitrogen and oxygen atoms in total. The number of carbonyl (C=O) groups is 2. The average Bonchev–Trinajstić information content (AvgIpc) is 3.16. The van der Waals surface area contributed by atoms with Gasteiger partial charge in [-0.15, -0.1) is 5.10 Å². The molecule has 0 unspecified atom stereocenters. The normalized spacial score (nSPS) is 13.4. The van der Waals surface area contributed by atoms with E-state index < -0.39 is 6.09 Å². The molecule has 8 heteroatoms. The van der Waals surface area contributed by atoms with Crippen LogP contribution < -0.4 is 21.1 Å². The number of fused-ring (bicyclic) bond motifs is 1. The van der Waals surface area contributed by atoms with Crippen molar-refractivity contribution in [1.29, 1.82) is 0 Å². The third kappa shape index (κ3) is 5.11. The summed E-state index contributed by atoms with van der Waals surface area (Å²) in [4.78, 5) is 24.0. The number of amidine groups is 1. The van der Waals surface area contributed by atoms with E-state index in [1.54, 1.807) is 25.1 Å². The fourth-order valence-electron chi connectivity index (χ4n) is 2.90. The van der Waals surface area contributed by atoms with Crippen LogP contribution in [0.2, 0.25) is 0 Å². The van der Waals surface area contributed by atoms with Crippen molar-refractivity contribution in [2.24, 2.45) is 15.9 Å². The van der Waals surface area contributed by atoms with E-state index in [4.69, 9.17) is 10.5 Å². The summed E-state index contributed by atoms with van der Waals surface area (Å²) >= 11 is 0. The largest absolute Gasteiger partial charge is 0.412 e. The Bertz CT molecular complexity index is 1060. The van der Waals surface area contributed by atoms with Gasteiger partial charge in [0.15, 0.2) is 0 Å². The standard InChI is InChI=1S/C22H23N5O3/c1-13(26-27-14(2)23)15-4-7-19(8-5-15)25-21(28)18-10-16-6-9-20(12-17(16)11-18)30-22(29)24-3/h4-9,11-12H,10H2,1-3H3,(H2,23,27)(H,24,29)(H,25,28)/b26-13-. The molecule has 0 radical (unpaired) electrons. The molecule has 2 aromatic rings. The van der Waals surface area contributed by atoms with Gasteiger partial charge in [0.1, 0.15) is 11.6 Å². The summed E-state index contributed by atoms with van der Waals surface area (Å²) < 4.78 is 5.14. The quantitative estimate of drug-likeness (QED) is 0.402. The molecule has 2 aromatic carbocycles. The first-order valence-electron chi connectivity index (χ1n) is 9.35. The third-order valence-electron chi connectivity index (χ3n) is 4.45. The number of amides is 2. The number of anilines is 1. The number of benzene rings is 2. The molecule has 0 saturated carbocycles. The number of nitrogens with two attached hydrogens (primary N) is 1. The predicted molar refractivity (Wildman–Crippen MR) is 118 cm³/mol. The summed E-state index contributed by atoms with van der Waals surface area (Å²) in [7, 11) is 1.49. The summed E-state index contributed by atoms with van der Waals surface area (Å²) in [5.74, 6) is 0.630. The Morgan fingerprint density at radius 3 is 2.47 bits per heavy atom. The molecule has 0 bridgehead atoms. The number of hydrogen-bond donors (Lipinski definition) is 3. The van der Waals surface area contributed by atoms with Gasteiger partial charge in [-0.05, 0) is 60.9 Å². The summed E-state index contributed by atoms with van der Waals surface area (Å²) in [6, 6.07) is 12.6. The van der Waals surface area contributed by atoms with Crippen LogP contribution in [0.25, 0.3) is 6.08 Å². The van der Waals surface area contributed by atoms with Gasteiger partial charge in [0, 0.05) is 24.7 Å². The molecule has 0 saturated heterocycles. The number of nitrogens with zero attached hydrogens (tertiary/aromatic N) is 2. The number of carbonyl (C=O) groups excluding carboxylic acids is 2. The number of hydrogen-bond acceptors (Lipinski definition) is 5. The van der Waals surface area contributed by atoms with Crippen LogP contribution in [0, 0.1) is 0 Å². The van der Waals surface area contributed by atoms with Crippen LogP contribution >= 0.6 is 0 Å². The molecule has 3 rings (SSSR count). The maximum atomic E-state index is 12.7. The second-order valence-electron chi connectivity index (χ2n) is 6.80. The number of nitrogens with one attached hydrogen (secondary N) is 2. The number of rotatable bonds is 5. The highest BCUT2D eigenvalue weighted by Gasteiger charge is 2.19. The van der Waals surface area contributed by atoms with E-state index in [1.807, 2.05) is 37.3 Å². The van der Waals surface area contributed by atoms with E-state index in [0.717, 1.165) is 22.4 Å². The molecular weight excluding hydrogens is 382 g/mol. The number of ether oxygens (including phenoxy) is 1. The van der Waals surface area contributed by atoms with Crippen LogP contribution in [0.1, 0.15) is 30.5 Å².